The lowest BCUT2D eigenvalue weighted by atomic mass is 9.86. The zero-order valence-electron chi connectivity index (χ0n) is 18.1. The number of benzene rings is 2. The molecule has 4 rings (SSSR count). The van der Waals surface area contributed by atoms with Crippen molar-refractivity contribution in [1.29, 1.82) is 0 Å². The van der Waals surface area contributed by atoms with Crippen molar-refractivity contribution in [3.8, 4) is 0 Å². The Morgan fingerprint density at radius 2 is 1.84 bits per heavy atom. The Bertz CT molecular complexity index is 1080. The Hall–Kier alpha value is -2.92. The minimum absolute atomic E-state index is 0.0277. The summed E-state index contributed by atoms with van der Waals surface area (Å²) in [6, 6.07) is 15.9. The highest BCUT2D eigenvalue weighted by Crippen LogP contribution is 2.35. The standard InChI is InChI=1S/C26H30N2O3/c1-2-3-4-5-8-18-11-13-19(14-12-18)26(30)28-23-10-7-6-9-21(23)22-17-20(25(29)27-31)15-16-24(22)28/h6-7,9-14,20,31H,2-5,8,15-17H2,1H3,(H,27,29). The number of aromatic nitrogens is 1. The van der Waals surface area contributed by atoms with Crippen molar-refractivity contribution in [3.05, 3.63) is 70.9 Å². The molecule has 0 fully saturated rings. The van der Waals surface area contributed by atoms with Crippen LogP contribution in [0.15, 0.2) is 48.5 Å². The first-order valence-corrected chi connectivity index (χ1v) is 11.3. The monoisotopic (exact) mass is 418 g/mol. The van der Waals surface area contributed by atoms with Gasteiger partial charge in [0.25, 0.3) is 5.91 Å². The predicted molar refractivity (Wildman–Crippen MR) is 121 cm³/mol. The molecule has 5 nitrogen and oxygen atoms in total. The van der Waals surface area contributed by atoms with Crippen LogP contribution in [0.2, 0.25) is 0 Å². The molecule has 1 aliphatic carbocycles. The molecule has 1 amide bonds. The summed E-state index contributed by atoms with van der Waals surface area (Å²) in [4.78, 5) is 25.5. The first kappa shape index (κ1) is 21.3. The fourth-order valence-electron chi connectivity index (χ4n) is 4.76. The van der Waals surface area contributed by atoms with Gasteiger partial charge in [-0.05, 0) is 61.4 Å². The lowest BCUT2D eigenvalue weighted by Crippen LogP contribution is -2.32. The summed E-state index contributed by atoms with van der Waals surface area (Å²) in [5, 5.41) is 10.0. The maximum absolute atomic E-state index is 13.5. The van der Waals surface area contributed by atoms with Gasteiger partial charge in [-0.3, -0.25) is 19.4 Å². The van der Waals surface area contributed by atoms with Gasteiger partial charge >= 0.3 is 0 Å². The van der Waals surface area contributed by atoms with E-state index >= 15 is 0 Å². The molecule has 1 aromatic heterocycles. The second kappa shape index (κ2) is 9.48. The van der Waals surface area contributed by atoms with E-state index in [0.717, 1.165) is 28.6 Å². The summed E-state index contributed by atoms with van der Waals surface area (Å²) in [5.74, 6) is -0.665. The van der Waals surface area contributed by atoms with E-state index in [-0.39, 0.29) is 17.7 Å². The van der Waals surface area contributed by atoms with Crippen LogP contribution in [-0.2, 0) is 24.1 Å². The Labute approximate surface area is 183 Å². The smallest absolute Gasteiger partial charge is 0.262 e. The molecule has 3 aromatic rings. The molecule has 1 atom stereocenters. The number of nitrogens with one attached hydrogen (secondary N) is 1. The summed E-state index contributed by atoms with van der Waals surface area (Å²) < 4.78 is 1.83. The summed E-state index contributed by atoms with van der Waals surface area (Å²) in [6.45, 7) is 2.21. The topological polar surface area (TPSA) is 71.3 Å². The van der Waals surface area contributed by atoms with Gasteiger partial charge in [0.05, 0.1) is 5.52 Å². The van der Waals surface area contributed by atoms with E-state index in [0.29, 0.717) is 24.8 Å². The second-order valence-corrected chi connectivity index (χ2v) is 8.51. The fraction of sp³-hybridized carbons (Fsp3) is 0.385. The van der Waals surface area contributed by atoms with Crippen LogP contribution < -0.4 is 5.48 Å². The molecule has 2 N–H and O–H groups in total. The number of para-hydroxylation sites is 1. The molecule has 1 unspecified atom stereocenters. The van der Waals surface area contributed by atoms with Gasteiger partial charge in [0.1, 0.15) is 0 Å². The van der Waals surface area contributed by atoms with E-state index < -0.39 is 0 Å². The number of rotatable bonds is 7. The van der Waals surface area contributed by atoms with Gasteiger partial charge in [-0.15, -0.1) is 0 Å². The maximum atomic E-state index is 13.5. The SMILES string of the molecule is CCCCCCc1ccc(C(=O)n2c3c(c4ccccc42)CC(C(=O)NO)CC3)cc1. The molecule has 0 saturated carbocycles. The van der Waals surface area contributed by atoms with Crippen molar-refractivity contribution < 1.29 is 14.8 Å². The van der Waals surface area contributed by atoms with Crippen LogP contribution in [0.5, 0.6) is 0 Å². The molecule has 2 aromatic carbocycles. The second-order valence-electron chi connectivity index (χ2n) is 8.51. The Kier molecular flexibility index (Phi) is 6.52. The van der Waals surface area contributed by atoms with Crippen LogP contribution in [0.4, 0.5) is 0 Å². The highest BCUT2D eigenvalue weighted by atomic mass is 16.5. The van der Waals surface area contributed by atoms with E-state index in [1.807, 2.05) is 41.0 Å². The Balaban J connectivity index is 1.63. The van der Waals surface area contributed by atoms with Crippen LogP contribution >= 0.6 is 0 Å². The zero-order valence-corrected chi connectivity index (χ0v) is 18.1. The largest absolute Gasteiger partial charge is 0.289 e. The lowest BCUT2D eigenvalue weighted by molar-refractivity contribution is -0.133. The molecule has 0 radical (unpaired) electrons. The quantitative estimate of drug-likeness (QED) is 0.320. The van der Waals surface area contributed by atoms with Gasteiger partial charge in [0.15, 0.2) is 0 Å². The summed E-state index contributed by atoms with van der Waals surface area (Å²) in [5.41, 5.74) is 6.63. The third-order valence-corrected chi connectivity index (χ3v) is 6.47. The van der Waals surface area contributed by atoms with Crippen molar-refractivity contribution in [1.82, 2.24) is 10.0 Å². The summed E-state index contributed by atoms with van der Waals surface area (Å²) >= 11 is 0. The van der Waals surface area contributed by atoms with Gasteiger partial charge in [0, 0.05) is 22.6 Å². The minimum Gasteiger partial charge on any atom is -0.289 e. The number of unbranched alkanes of at least 4 members (excludes halogenated alkanes) is 3. The Morgan fingerprint density at radius 1 is 1.06 bits per heavy atom. The lowest BCUT2D eigenvalue weighted by Gasteiger charge is -2.22. The normalized spacial score (nSPS) is 15.6. The van der Waals surface area contributed by atoms with Gasteiger partial charge in [-0.1, -0.05) is 56.5 Å². The van der Waals surface area contributed by atoms with Gasteiger partial charge in [-0.2, -0.15) is 0 Å². The number of carbonyl (C=O) groups is 2. The average Bonchev–Trinajstić information content (AvgIpc) is 3.15. The Morgan fingerprint density at radius 3 is 2.58 bits per heavy atom. The van der Waals surface area contributed by atoms with Crippen LogP contribution in [0.3, 0.4) is 0 Å². The number of amides is 1. The number of hydrogen-bond acceptors (Lipinski definition) is 3. The van der Waals surface area contributed by atoms with Gasteiger partial charge in [-0.25, -0.2) is 5.48 Å². The van der Waals surface area contributed by atoms with Crippen molar-refractivity contribution in [2.45, 2.75) is 58.3 Å². The van der Waals surface area contributed by atoms with Crippen LogP contribution in [0.25, 0.3) is 10.9 Å². The van der Waals surface area contributed by atoms with Crippen molar-refractivity contribution in [3.63, 3.8) is 0 Å². The van der Waals surface area contributed by atoms with Crippen LogP contribution in [0.1, 0.15) is 66.2 Å². The van der Waals surface area contributed by atoms with Gasteiger partial charge in [0.2, 0.25) is 5.91 Å². The van der Waals surface area contributed by atoms with E-state index in [2.05, 4.69) is 19.1 Å². The molecule has 1 aliphatic rings. The summed E-state index contributed by atoms with van der Waals surface area (Å²) in [6.07, 6.45) is 7.73. The molecule has 1 heterocycles. The van der Waals surface area contributed by atoms with Gasteiger partial charge < -0.3 is 0 Å². The number of fused-ring (bicyclic) bond motifs is 3. The zero-order chi connectivity index (χ0) is 21.8. The molecule has 0 bridgehead atoms. The number of carbonyl (C=O) groups excluding carboxylic acids is 2. The first-order valence-electron chi connectivity index (χ1n) is 11.3. The van der Waals surface area contributed by atoms with E-state index in [9.17, 15) is 9.59 Å². The van der Waals surface area contributed by atoms with E-state index in [1.165, 1.54) is 31.2 Å². The van der Waals surface area contributed by atoms with E-state index in [4.69, 9.17) is 5.21 Å². The molecule has 5 heteroatoms. The molecule has 31 heavy (non-hydrogen) atoms. The fourth-order valence-corrected chi connectivity index (χ4v) is 4.76. The minimum atomic E-state index is -0.358. The van der Waals surface area contributed by atoms with Crippen molar-refractivity contribution in [2.75, 3.05) is 0 Å². The maximum Gasteiger partial charge on any atom is 0.262 e. The third kappa shape index (κ3) is 4.28. The van der Waals surface area contributed by atoms with E-state index in [1.54, 1.807) is 5.48 Å². The molecule has 0 aliphatic heterocycles. The number of aryl methyl sites for hydroxylation is 1. The molecule has 162 valence electrons. The van der Waals surface area contributed by atoms with Crippen LogP contribution in [0, 0.1) is 5.92 Å². The number of hydrogen-bond donors (Lipinski definition) is 2. The summed E-state index contributed by atoms with van der Waals surface area (Å²) in [7, 11) is 0. The number of hydroxylamine groups is 1. The van der Waals surface area contributed by atoms with Crippen molar-refractivity contribution >= 4 is 22.7 Å². The first-order chi connectivity index (χ1) is 15.1. The highest BCUT2D eigenvalue weighted by Gasteiger charge is 2.31. The molecule has 0 spiro atoms. The predicted octanol–water partition coefficient (Wildman–Crippen LogP) is 5.06. The molecular weight excluding hydrogens is 388 g/mol. The molecular formula is C26H30N2O3. The number of nitrogens with zero attached hydrogens (tertiary/aromatic N) is 1. The van der Waals surface area contributed by atoms with Crippen LogP contribution in [-0.4, -0.2) is 21.6 Å². The third-order valence-electron chi connectivity index (χ3n) is 6.47. The van der Waals surface area contributed by atoms with Crippen molar-refractivity contribution in [2.24, 2.45) is 5.92 Å². The highest BCUT2D eigenvalue weighted by molar-refractivity contribution is 6.04. The molecule has 0 saturated heterocycles. The average molecular weight is 419 g/mol.